The zero-order chi connectivity index (χ0) is 15.9. The maximum absolute atomic E-state index is 13.6. The number of carbonyl (C=O) groups excluding carboxylic acids is 1. The minimum atomic E-state index is -0.422. The van der Waals surface area contributed by atoms with E-state index in [9.17, 15) is 9.18 Å². The van der Waals surface area contributed by atoms with E-state index in [1.54, 1.807) is 18.2 Å². The summed E-state index contributed by atoms with van der Waals surface area (Å²) in [6.07, 6.45) is 10.2. The highest BCUT2D eigenvalue weighted by atomic mass is 19.1. The van der Waals surface area contributed by atoms with Gasteiger partial charge in [-0.1, -0.05) is 31.7 Å². The van der Waals surface area contributed by atoms with E-state index in [1.165, 1.54) is 44.9 Å². The maximum Gasteiger partial charge on any atom is 0.246 e. The van der Waals surface area contributed by atoms with E-state index < -0.39 is 5.82 Å². The number of likely N-dealkylation sites (N-methyl/N-ethyl adjacent to an activating group) is 1. The van der Waals surface area contributed by atoms with E-state index in [1.807, 2.05) is 11.9 Å². The van der Waals surface area contributed by atoms with Crippen molar-refractivity contribution in [2.75, 3.05) is 14.2 Å². The van der Waals surface area contributed by atoms with Gasteiger partial charge in [-0.25, -0.2) is 4.39 Å². The number of rotatable bonds is 4. The summed E-state index contributed by atoms with van der Waals surface area (Å²) in [6, 6.07) is 4.99. The second-order valence-electron chi connectivity index (χ2n) is 5.82. The van der Waals surface area contributed by atoms with Gasteiger partial charge in [0, 0.05) is 19.2 Å². The molecule has 0 radical (unpaired) electrons. The van der Waals surface area contributed by atoms with Crippen molar-refractivity contribution in [3.8, 4) is 5.75 Å². The lowest BCUT2D eigenvalue weighted by Gasteiger charge is -2.26. The Morgan fingerprint density at radius 1 is 1.27 bits per heavy atom. The molecular weight excluding hydrogens is 281 g/mol. The molecule has 1 fully saturated rings. The average molecular weight is 305 g/mol. The highest BCUT2D eigenvalue weighted by molar-refractivity contribution is 5.91. The molecule has 0 spiro atoms. The van der Waals surface area contributed by atoms with Crippen LogP contribution in [0.2, 0.25) is 0 Å². The molecule has 1 saturated carbocycles. The smallest absolute Gasteiger partial charge is 0.246 e. The number of amides is 1. The fourth-order valence-electron chi connectivity index (χ4n) is 2.90. The van der Waals surface area contributed by atoms with Crippen LogP contribution in [0.5, 0.6) is 5.75 Å². The molecule has 1 aliphatic rings. The number of hydrogen-bond acceptors (Lipinski definition) is 2. The number of methoxy groups -OCH3 is 1. The topological polar surface area (TPSA) is 29.5 Å². The van der Waals surface area contributed by atoms with Crippen LogP contribution in [0.15, 0.2) is 24.3 Å². The van der Waals surface area contributed by atoms with Crippen LogP contribution in [0.25, 0.3) is 6.08 Å². The fraction of sp³-hybridized carbons (Fsp3) is 0.500. The highest BCUT2D eigenvalue weighted by Crippen LogP contribution is 2.22. The summed E-state index contributed by atoms with van der Waals surface area (Å²) >= 11 is 0. The van der Waals surface area contributed by atoms with Crippen LogP contribution >= 0.6 is 0 Å². The molecule has 0 saturated heterocycles. The van der Waals surface area contributed by atoms with Crippen molar-refractivity contribution in [1.82, 2.24) is 4.90 Å². The Bertz CT molecular complexity index is 534. The number of nitrogens with zero attached hydrogens (tertiary/aromatic N) is 1. The van der Waals surface area contributed by atoms with E-state index in [-0.39, 0.29) is 11.7 Å². The molecule has 1 aromatic rings. The van der Waals surface area contributed by atoms with Crippen molar-refractivity contribution in [3.63, 3.8) is 0 Å². The Labute approximate surface area is 131 Å². The summed E-state index contributed by atoms with van der Waals surface area (Å²) < 4.78 is 18.5. The summed E-state index contributed by atoms with van der Waals surface area (Å²) in [5, 5.41) is 0. The molecule has 1 amide bonds. The molecule has 22 heavy (non-hydrogen) atoms. The number of benzene rings is 1. The molecule has 0 aromatic heterocycles. The second kappa shape index (κ2) is 7.97. The van der Waals surface area contributed by atoms with Gasteiger partial charge in [-0.15, -0.1) is 0 Å². The molecule has 0 N–H and O–H groups in total. The fourth-order valence-corrected chi connectivity index (χ4v) is 2.90. The zero-order valence-electron chi connectivity index (χ0n) is 13.3. The van der Waals surface area contributed by atoms with Gasteiger partial charge in [-0.3, -0.25) is 4.79 Å². The molecule has 0 heterocycles. The van der Waals surface area contributed by atoms with Crippen LogP contribution < -0.4 is 4.74 Å². The number of ether oxygens (including phenoxy) is 1. The third-order valence-electron chi connectivity index (χ3n) is 4.31. The van der Waals surface area contributed by atoms with E-state index >= 15 is 0 Å². The molecule has 120 valence electrons. The van der Waals surface area contributed by atoms with Crippen molar-refractivity contribution in [2.24, 2.45) is 0 Å². The Balaban J connectivity index is 1.99. The lowest BCUT2D eigenvalue weighted by Crippen LogP contribution is -2.35. The number of hydrogen-bond donors (Lipinski definition) is 0. The van der Waals surface area contributed by atoms with E-state index in [0.29, 0.717) is 11.6 Å². The van der Waals surface area contributed by atoms with Crippen LogP contribution in [-0.4, -0.2) is 31.0 Å². The van der Waals surface area contributed by atoms with Gasteiger partial charge in [0.05, 0.1) is 7.11 Å². The van der Waals surface area contributed by atoms with Gasteiger partial charge in [0.25, 0.3) is 0 Å². The van der Waals surface area contributed by atoms with Gasteiger partial charge in [0.15, 0.2) is 11.6 Å². The van der Waals surface area contributed by atoms with Crippen LogP contribution in [0.4, 0.5) is 4.39 Å². The van der Waals surface area contributed by atoms with Gasteiger partial charge in [-0.05, 0) is 36.6 Å². The molecule has 4 heteroatoms. The van der Waals surface area contributed by atoms with Crippen LogP contribution in [0.3, 0.4) is 0 Å². The van der Waals surface area contributed by atoms with Gasteiger partial charge >= 0.3 is 0 Å². The number of carbonyl (C=O) groups is 1. The summed E-state index contributed by atoms with van der Waals surface area (Å²) in [6.45, 7) is 0. The van der Waals surface area contributed by atoms with E-state index in [2.05, 4.69) is 0 Å². The van der Waals surface area contributed by atoms with Gasteiger partial charge in [-0.2, -0.15) is 0 Å². The van der Waals surface area contributed by atoms with Crippen LogP contribution in [0, 0.1) is 5.82 Å². The molecule has 1 aromatic carbocycles. The lowest BCUT2D eigenvalue weighted by molar-refractivity contribution is -0.126. The molecule has 0 unspecified atom stereocenters. The molecular formula is C18H24FNO2. The molecule has 1 aliphatic carbocycles. The average Bonchev–Trinajstić information content (AvgIpc) is 2.81. The van der Waals surface area contributed by atoms with Crippen molar-refractivity contribution in [2.45, 2.75) is 44.6 Å². The Morgan fingerprint density at radius 2 is 1.95 bits per heavy atom. The van der Waals surface area contributed by atoms with Crippen molar-refractivity contribution in [1.29, 1.82) is 0 Å². The Morgan fingerprint density at radius 3 is 2.55 bits per heavy atom. The number of halogens is 1. The highest BCUT2D eigenvalue weighted by Gasteiger charge is 2.19. The van der Waals surface area contributed by atoms with Gasteiger partial charge < -0.3 is 9.64 Å². The largest absolute Gasteiger partial charge is 0.494 e. The standard InChI is InChI=1S/C18H24FNO2/c1-20(15-7-5-3-4-6-8-15)18(21)12-10-14-9-11-17(22-2)16(19)13-14/h9-13,15H,3-8H2,1-2H3/b12-10+. The third-order valence-corrected chi connectivity index (χ3v) is 4.31. The second-order valence-corrected chi connectivity index (χ2v) is 5.82. The molecule has 0 atom stereocenters. The van der Waals surface area contributed by atoms with E-state index in [4.69, 9.17) is 4.74 Å². The maximum atomic E-state index is 13.6. The monoisotopic (exact) mass is 305 g/mol. The first-order valence-electron chi connectivity index (χ1n) is 7.90. The van der Waals surface area contributed by atoms with E-state index in [0.717, 1.165) is 12.8 Å². The lowest BCUT2D eigenvalue weighted by atomic mass is 10.1. The SMILES string of the molecule is COc1ccc(/C=C/C(=O)N(C)C2CCCCCC2)cc1F. The Kier molecular flexibility index (Phi) is 5.99. The van der Waals surface area contributed by atoms with Gasteiger partial charge in [0.1, 0.15) is 0 Å². The normalized spacial score (nSPS) is 16.5. The van der Waals surface area contributed by atoms with Crippen molar-refractivity contribution >= 4 is 12.0 Å². The van der Waals surface area contributed by atoms with Crippen molar-refractivity contribution < 1.29 is 13.9 Å². The summed E-state index contributed by atoms with van der Waals surface area (Å²) in [5.41, 5.74) is 0.654. The molecule has 2 rings (SSSR count). The third kappa shape index (κ3) is 4.33. The first kappa shape index (κ1) is 16.5. The summed E-state index contributed by atoms with van der Waals surface area (Å²) in [5.74, 6) is -0.239. The van der Waals surface area contributed by atoms with Crippen LogP contribution in [-0.2, 0) is 4.79 Å². The minimum Gasteiger partial charge on any atom is -0.494 e. The quantitative estimate of drug-likeness (QED) is 0.621. The molecule has 0 bridgehead atoms. The predicted octanol–water partition coefficient (Wildman–Crippen LogP) is 4.03. The zero-order valence-corrected chi connectivity index (χ0v) is 13.3. The first-order valence-corrected chi connectivity index (χ1v) is 7.90. The van der Waals surface area contributed by atoms with Crippen LogP contribution in [0.1, 0.15) is 44.1 Å². The summed E-state index contributed by atoms with van der Waals surface area (Å²) in [7, 11) is 3.29. The first-order chi connectivity index (χ1) is 10.6. The van der Waals surface area contributed by atoms with Gasteiger partial charge in [0.2, 0.25) is 5.91 Å². The van der Waals surface area contributed by atoms with Crippen molar-refractivity contribution in [3.05, 3.63) is 35.7 Å². The molecule has 0 aliphatic heterocycles. The minimum absolute atomic E-state index is 0.0249. The predicted molar refractivity (Wildman–Crippen MR) is 86.2 cm³/mol. The Hall–Kier alpha value is -1.84. The molecule has 3 nitrogen and oxygen atoms in total. The summed E-state index contributed by atoms with van der Waals surface area (Å²) in [4.78, 5) is 14.1.